The first-order chi connectivity index (χ1) is 9.49. The molecule has 0 unspecified atom stereocenters. The number of carbonyl (C=O) groups is 1. The maximum absolute atomic E-state index is 11.7. The van der Waals surface area contributed by atoms with Crippen LogP contribution in [0.1, 0.15) is 22.3 Å². The van der Waals surface area contributed by atoms with Gasteiger partial charge in [0.2, 0.25) is 5.95 Å². The highest BCUT2D eigenvalue weighted by atomic mass is 35.5. The topological polar surface area (TPSA) is 77.0 Å². The van der Waals surface area contributed by atoms with Crippen LogP contribution >= 0.6 is 34.5 Å². The molecule has 0 saturated carbocycles. The largest absolute Gasteiger partial charge is 0.462 e. The van der Waals surface area contributed by atoms with Gasteiger partial charge in [0.1, 0.15) is 15.2 Å². The van der Waals surface area contributed by atoms with E-state index in [1.54, 1.807) is 13.8 Å². The molecule has 2 rings (SSSR count). The first-order valence-corrected chi connectivity index (χ1v) is 7.18. The average molecular weight is 333 g/mol. The molecule has 6 nitrogen and oxygen atoms in total. The van der Waals surface area contributed by atoms with Crippen LogP contribution in [0.4, 0.5) is 11.1 Å². The quantitative estimate of drug-likeness (QED) is 0.682. The number of carbonyl (C=O) groups excluding carboxylic acids is 1. The van der Waals surface area contributed by atoms with Gasteiger partial charge in [-0.25, -0.2) is 19.7 Å². The minimum absolute atomic E-state index is 0.214. The van der Waals surface area contributed by atoms with Gasteiger partial charge >= 0.3 is 5.97 Å². The van der Waals surface area contributed by atoms with E-state index in [1.165, 1.54) is 6.07 Å². The maximum atomic E-state index is 11.7. The zero-order chi connectivity index (χ0) is 14.7. The second kappa shape index (κ2) is 6.34. The van der Waals surface area contributed by atoms with Crippen molar-refractivity contribution in [1.29, 1.82) is 0 Å². The Morgan fingerprint density at radius 1 is 1.35 bits per heavy atom. The van der Waals surface area contributed by atoms with Crippen molar-refractivity contribution in [2.45, 2.75) is 13.8 Å². The number of aryl methyl sites for hydroxylation is 1. The molecule has 9 heteroatoms. The van der Waals surface area contributed by atoms with Crippen LogP contribution in [-0.2, 0) is 4.74 Å². The number of rotatable bonds is 4. The van der Waals surface area contributed by atoms with E-state index in [2.05, 4.69) is 20.3 Å². The van der Waals surface area contributed by atoms with Crippen molar-refractivity contribution in [1.82, 2.24) is 15.0 Å². The fourth-order valence-corrected chi connectivity index (χ4v) is 2.65. The predicted octanol–water partition coefficient (Wildman–Crippen LogP) is 3.47. The molecule has 0 atom stereocenters. The van der Waals surface area contributed by atoms with Crippen molar-refractivity contribution in [3.63, 3.8) is 0 Å². The Balaban J connectivity index is 2.22. The van der Waals surface area contributed by atoms with Gasteiger partial charge in [0.05, 0.1) is 12.3 Å². The zero-order valence-corrected chi connectivity index (χ0v) is 12.9. The Morgan fingerprint density at radius 2 is 2.00 bits per heavy atom. The highest BCUT2D eigenvalue weighted by molar-refractivity contribution is 7.17. The lowest BCUT2D eigenvalue weighted by Gasteiger charge is -2.01. The summed E-state index contributed by atoms with van der Waals surface area (Å²) >= 11 is 12.7. The number of anilines is 2. The van der Waals surface area contributed by atoms with Gasteiger partial charge in [-0.2, -0.15) is 0 Å². The number of thiazole rings is 1. The summed E-state index contributed by atoms with van der Waals surface area (Å²) in [6.45, 7) is 3.78. The van der Waals surface area contributed by atoms with Crippen molar-refractivity contribution >= 4 is 51.6 Å². The number of halogens is 2. The van der Waals surface area contributed by atoms with E-state index >= 15 is 0 Å². The molecular formula is C11H10Cl2N4O2S. The van der Waals surface area contributed by atoms with Crippen LogP contribution in [-0.4, -0.2) is 27.5 Å². The SMILES string of the molecule is CCOC(=O)c1sc(Nc2nc(Cl)cc(Cl)n2)nc1C. The molecule has 0 bridgehead atoms. The summed E-state index contributed by atoms with van der Waals surface area (Å²) in [7, 11) is 0. The molecule has 0 radical (unpaired) electrons. The van der Waals surface area contributed by atoms with E-state index in [0.717, 1.165) is 11.3 Å². The van der Waals surface area contributed by atoms with Gasteiger partial charge in [0.25, 0.3) is 0 Å². The molecule has 0 spiro atoms. The Bertz CT molecular complexity index is 627. The molecule has 2 aromatic heterocycles. The number of aromatic nitrogens is 3. The Hall–Kier alpha value is -1.44. The highest BCUT2D eigenvalue weighted by Gasteiger charge is 2.17. The second-order valence-corrected chi connectivity index (χ2v) is 5.39. The predicted molar refractivity (Wildman–Crippen MR) is 78.1 cm³/mol. The first kappa shape index (κ1) is 15.0. The lowest BCUT2D eigenvalue weighted by atomic mass is 10.4. The minimum atomic E-state index is -0.402. The third kappa shape index (κ3) is 3.56. The van der Waals surface area contributed by atoms with Crippen LogP contribution in [0.15, 0.2) is 6.07 Å². The van der Waals surface area contributed by atoms with Crippen molar-refractivity contribution in [3.05, 3.63) is 26.9 Å². The van der Waals surface area contributed by atoms with Gasteiger partial charge in [0.15, 0.2) is 5.13 Å². The fraction of sp³-hybridized carbons (Fsp3) is 0.273. The van der Waals surface area contributed by atoms with Gasteiger partial charge in [-0.3, -0.25) is 5.32 Å². The number of hydrogen-bond acceptors (Lipinski definition) is 7. The molecule has 1 N–H and O–H groups in total. The molecular weight excluding hydrogens is 323 g/mol. The summed E-state index contributed by atoms with van der Waals surface area (Å²) in [6, 6.07) is 1.42. The molecule has 0 amide bonds. The smallest absolute Gasteiger partial charge is 0.350 e. The van der Waals surface area contributed by atoms with Gasteiger partial charge in [-0.15, -0.1) is 0 Å². The Labute approximate surface area is 129 Å². The number of nitrogens with zero attached hydrogens (tertiary/aromatic N) is 3. The number of hydrogen-bond donors (Lipinski definition) is 1. The molecule has 0 fully saturated rings. The van der Waals surface area contributed by atoms with E-state index < -0.39 is 5.97 Å². The maximum Gasteiger partial charge on any atom is 0.350 e. The first-order valence-electron chi connectivity index (χ1n) is 5.61. The van der Waals surface area contributed by atoms with Crippen molar-refractivity contribution in [3.8, 4) is 0 Å². The third-order valence-corrected chi connectivity index (χ3v) is 3.58. The summed E-state index contributed by atoms with van der Waals surface area (Å²) in [5.74, 6) is -0.188. The number of esters is 1. The fourth-order valence-electron chi connectivity index (χ4n) is 1.38. The van der Waals surface area contributed by atoms with E-state index in [-0.39, 0.29) is 16.3 Å². The van der Waals surface area contributed by atoms with Crippen molar-refractivity contribution < 1.29 is 9.53 Å². The molecule has 0 aliphatic rings. The van der Waals surface area contributed by atoms with Crippen molar-refractivity contribution in [2.24, 2.45) is 0 Å². The number of nitrogens with one attached hydrogen (secondary N) is 1. The molecule has 0 aromatic carbocycles. The highest BCUT2D eigenvalue weighted by Crippen LogP contribution is 2.26. The second-order valence-electron chi connectivity index (χ2n) is 3.62. The molecule has 0 saturated heterocycles. The molecule has 0 aliphatic heterocycles. The van der Waals surface area contributed by atoms with Crippen LogP contribution in [0.3, 0.4) is 0 Å². The lowest BCUT2D eigenvalue weighted by Crippen LogP contribution is -2.03. The summed E-state index contributed by atoms with van der Waals surface area (Å²) < 4.78 is 4.94. The van der Waals surface area contributed by atoms with E-state index in [9.17, 15) is 4.79 Å². The Kier molecular flexibility index (Phi) is 4.74. The molecule has 20 heavy (non-hydrogen) atoms. The molecule has 106 valence electrons. The van der Waals surface area contributed by atoms with Crippen molar-refractivity contribution in [2.75, 3.05) is 11.9 Å². The molecule has 0 aliphatic carbocycles. The minimum Gasteiger partial charge on any atom is -0.462 e. The van der Waals surface area contributed by atoms with Gasteiger partial charge < -0.3 is 4.74 Å². The Morgan fingerprint density at radius 3 is 2.60 bits per heavy atom. The van der Waals surface area contributed by atoms with E-state index in [4.69, 9.17) is 27.9 Å². The summed E-state index contributed by atoms with van der Waals surface area (Å²) in [5.41, 5.74) is 0.573. The van der Waals surface area contributed by atoms with Crippen LogP contribution in [0.5, 0.6) is 0 Å². The third-order valence-electron chi connectivity index (χ3n) is 2.14. The van der Waals surface area contributed by atoms with E-state index in [1.807, 2.05) is 0 Å². The number of ether oxygens (including phenoxy) is 1. The zero-order valence-electron chi connectivity index (χ0n) is 10.6. The van der Waals surface area contributed by atoms with Crippen LogP contribution < -0.4 is 5.32 Å². The summed E-state index contributed by atoms with van der Waals surface area (Å²) in [4.78, 5) is 24.2. The average Bonchev–Trinajstić information content (AvgIpc) is 2.69. The standard InChI is InChI=1S/C11H10Cl2N4O2S/c1-3-19-9(18)8-5(2)14-11(20-8)17-10-15-6(12)4-7(13)16-10/h4H,3H2,1-2H3,(H,14,15,16,17). The lowest BCUT2D eigenvalue weighted by molar-refractivity contribution is 0.0531. The molecule has 2 heterocycles. The van der Waals surface area contributed by atoms with Crippen LogP contribution in [0.2, 0.25) is 10.3 Å². The van der Waals surface area contributed by atoms with Gasteiger partial charge in [0, 0.05) is 6.07 Å². The van der Waals surface area contributed by atoms with E-state index in [0.29, 0.717) is 22.3 Å². The summed E-state index contributed by atoms with van der Waals surface area (Å²) in [6.07, 6.45) is 0. The van der Waals surface area contributed by atoms with Crippen LogP contribution in [0.25, 0.3) is 0 Å². The van der Waals surface area contributed by atoms with Gasteiger partial charge in [-0.05, 0) is 13.8 Å². The van der Waals surface area contributed by atoms with Crippen LogP contribution in [0, 0.1) is 6.92 Å². The monoisotopic (exact) mass is 332 g/mol. The molecule has 2 aromatic rings. The normalized spacial score (nSPS) is 10.4. The summed E-state index contributed by atoms with van der Waals surface area (Å²) in [5, 5.41) is 3.74. The van der Waals surface area contributed by atoms with Gasteiger partial charge in [-0.1, -0.05) is 34.5 Å².